The van der Waals surface area contributed by atoms with Crippen molar-refractivity contribution in [1.82, 2.24) is 4.90 Å². The van der Waals surface area contributed by atoms with Crippen LogP contribution in [0.3, 0.4) is 0 Å². The zero-order chi connectivity index (χ0) is 22.8. The van der Waals surface area contributed by atoms with Crippen LogP contribution in [0.5, 0.6) is 5.75 Å². The molecule has 0 bridgehead atoms. The minimum Gasteiger partial charge on any atom is -0.487 e. The van der Waals surface area contributed by atoms with Crippen molar-refractivity contribution >= 4 is 12.0 Å². The van der Waals surface area contributed by atoms with Gasteiger partial charge < -0.3 is 9.64 Å². The highest BCUT2D eigenvalue weighted by molar-refractivity contribution is 5.64. The molecule has 0 amide bonds. The highest BCUT2D eigenvalue weighted by Crippen LogP contribution is 2.53. The molecule has 0 unspecified atom stereocenters. The number of alkyl halides is 9. The largest absolute Gasteiger partial charge is 0.487 e. The minimum absolute atomic E-state index is 0.142. The molecule has 0 saturated carbocycles. The van der Waals surface area contributed by atoms with Crippen molar-refractivity contribution in [3.05, 3.63) is 23.3 Å². The number of rotatable bonds is 8. The second-order valence-electron chi connectivity index (χ2n) is 6.36. The SMILES string of the molecule is CCN(C)/C=N/c1cc(C)c(OCC(F)(F)C(F)(F)C(F)(F)C(F)(F)F)cc1C. The first-order valence-electron chi connectivity index (χ1n) is 8.16. The van der Waals surface area contributed by atoms with Crippen molar-refractivity contribution in [1.29, 1.82) is 0 Å². The van der Waals surface area contributed by atoms with Crippen LogP contribution in [0.25, 0.3) is 0 Å². The zero-order valence-corrected chi connectivity index (χ0v) is 15.9. The fraction of sp³-hybridized carbons (Fsp3) is 0.588. The minimum atomic E-state index is -6.94. The molecule has 0 heterocycles. The third-order valence-electron chi connectivity index (χ3n) is 4.00. The molecule has 1 rings (SSSR count). The number of hydrogen-bond acceptors (Lipinski definition) is 2. The van der Waals surface area contributed by atoms with Crippen LogP contribution < -0.4 is 4.74 Å². The second-order valence-corrected chi connectivity index (χ2v) is 6.36. The van der Waals surface area contributed by atoms with E-state index >= 15 is 0 Å². The van der Waals surface area contributed by atoms with E-state index in [0.717, 1.165) is 6.07 Å². The van der Waals surface area contributed by atoms with Gasteiger partial charge >= 0.3 is 23.9 Å². The van der Waals surface area contributed by atoms with Gasteiger partial charge in [-0.05, 0) is 44.0 Å². The van der Waals surface area contributed by atoms with Gasteiger partial charge in [0, 0.05) is 13.6 Å². The van der Waals surface area contributed by atoms with Crippen LogP contribution in [0.1, 0.15) is 18.1 Å². The Balaban J connectivity index is 3.08. The molecule has 0 atom stereocenters. The van der Waals surface area contributed by atoms with E-state index in [1.54, 1.807) is 11.9 Å². The topological polar surface area (TPSA) is 24.8 Å². The van der Waals surface area contributed by atoms with Crippen LogP contribution in [0.4, 0.5) is 45.2 Å². The Morgan fingerprint density at radius 3 is 1.97 bits per heavy atom. The number of nitrogens with zero attached hydrogens (tertiary/aromatic N) is 2. The predicted molar refractivity (Wildman–Crippen MR) is 88.8 cm³/mol. The Morgan fingerprint density at radius 1 is 0.931 bits per heavy atom. The lowest BCUT2D eigenvalue weighted by Crippen LogP contribution is -2.62. The van der Waals surface area contributed by atoms with E-state index in [9.17, 15) is 39.5 Å². The summed E-state index contributed by atoms with van der Waals surface area (Å²) in [5, 5.41) is 0. The Morgan fingerprint density at radius 2 is 1.48 bits per heavy atom. The first-order chi connectivity index (χ1) is 13.0. The molecule has 0 spiro atoms. The average molecular weight is 438 g/mol. The third-order valence-corrected chi connectivity index (χ3v) is 4.00. The van der Waals surface area contributed by atoms with E-state index in [1.165, 1.54) is 26.3 Å². The van der Waals surface area contributed by atoms with Gasteiger partial charge in [0.25, 0.3) is 0 Å². The van der Waals surface area contributed by atoms with Crippen LogP contribution >= 0.6 is 0 Å². The maximum Gasteiger partial charge on any atom is 0.460 e. The van der Waals surface area contributed by atoms with E-state index in [1.807, 2.05) is 6.92 Å². The fourth-order valence-corrected chi connectivity index (χ4v) is 1.98. The van der Waals surface area contributed by atoms with Gasteiger partial charge in [-0.25, -0.2) is 4.99 Å². The first kappa shape index (κ1) is 24.9. The molecule has 0 radical (unpaired) electrons. The maximum atomic E-state index is 13.6. The molecule has 1 aromatic carbocycles. The lowest BCUT2D eigenvalue weighted by molar-refractivity contribution is -0.398. The first-order valence-corrected chi connectivity index (χ1v) is 8.16. The number of aryl methyl sites for hydroxylation is 2. The summed E-state index contributed by atoms with van der Waals surface area (Å²) < 4.78 is 120. The van der Waals surface area contributed by atoms with E-state index in [4.69, 9.17) is 0 Å². The summed E-state index contributed by atoms with van der Waals surface area (Å²) >= 11 is 0. The van der Waals surface area contributed by atoms with Gasteiger partial charge in [-0.2, -0.15) is 39.5 Å². The zero-order valence-electron chi connectivity index (χ0n) is 15.9. The number of halogens is 9. The van der Waals surface area contributed by atoms with Crippen molar-refractivity contribution in [2.45, 2.75) is 44.7 Å². The molecule has 0 fully saturated rings. The summed E-state index contributed by atoms with van der Waals surface area (Å²) in [5.41, 5.74) is 0.918. The molecule has 0 aromatic heterocycles. The lowest BCUT2D eigenvalue weighted by atomic mass is 10.0. The third kappa shape index (κ3) is 5.08. The van der Waals surface area contributed by atoms with Gasteiger partial charge in [0.1, 0.15) is 5.75 Å². The highest BCUT2D eigenvalue weighted by Gasteiger charge is 2.81. The average Bonchev–Trinajstić information content (AvgIpc) is 2.59. The molecule has 29 heavy (non-hydrogen) atoms. The molecule has 3 nitrogen and oxygen atoms in total. The van der Waals surface area contributed by atoms with Crippen LogP contribution in [-0.2, 0) is 0 Å². The van der Waals surface area contributed by atoms with Crippen LogP contribution in [0.15, 0.2) is 17.1 Å². The van der Waals surface area contributed by atoms with E-state index < -0.39 is 30.6 Å². The smallest absolute Gasteiger partial charge is 0.460 e. The Bertz CT molecular complexity index is 745. The normalized spacial score (nSPS) is 13.8. The molecule has 1 aromatic rings. The van der Waals surface area contributed by atoms with Crippen LogP contribution in [0, 0.1) is 13.8 Å². The van der Waals surface area contributed by atoms with Crippen molar-refractivity contribution in [2.24, 2.45) is 4.99 Å². The van der Waals surface area contributed by atoms with Crippen molar-refractivity contribution < 1.29 is 44.3 Å². The molecule has 0 aliphatic carbocycles. The summed E-state index contributed by atoms with van der Waals surface area (Å²) in [5.74, 6) is -19.8. The van der Waals surface area contributed by atoms with Gasteiger partial charge in [-0.3, -0.25) is 0 Å². The standard InChI is InChI=1S/C17H19F9N2O/c1-5-28(4)9-27-12-6-11(3)13(7-10(12)2)29-8-14(18,19)15(20,21)16(22,23)17(24,25)26/h6-7,9H,5,8H2,1-4H3/b27-9+. The predicted octanol–water partition coefficient (Wildman–Crippen LogP) is 5.76. The van der Waals surface area contributed by atoms with E-state index in [0.29, 0.717) is 17.8 Å². The van der Waals surface area contributed by atoms with Gasteiger partial charge in [0.15, 0.2) is 6.61 Å². The molecule has 12 heteroatoms. The highest BCUT2D eigenvalue weighted by atomic mass is 19.4. The molecule has 0 saturated heterocycles. The number of benzene rings is 1. The van der Waals surface area contributed by atoms with Gasteiger partial charge in [-0.15, -0.1) is 0 Å². The summed E-state index contributed by atoms with van der Waals surface area (Å²) in [6.07, 6.45) is -5.38. The monoisotopic (exact) mass is 438 g/mol. The molecular weight excluding hydrogens is 419 g/mol. The summed E-state index contributed by atoms with van der Waals surface area (Å²) in [6, 6.07) is 2.51. The van der Waals surface area contributed by atoms with E-state index in [2.05, 4.69) is 9.73 Å². The van der Waals surface area contributed by atoms with Crippen LogP contribution in [0.2, 0.25) is 0 Å². The van der Waals surface area contributed by atoms with E-state index in [-0.39, 0.29) is 11.3 Å². The number of aliphatic imine (C=N–C) groups is 1. The van der Waals surface area contributed by atoms with Crippen molar-refractivity contribution in [3.8, 4) is 5.75 Å². The molecule has 0 aliphatic heterocycles. The quantitative estimate of drug-likeness (QED) is 0.293. The molecule has 0 N–H and O–H groups in total. The van der Waals surface area contributed by atoms with Gasteiger partial charge in [0.2, 0.25) is 0 Å². The van der Waals surface area contributed by atoms with Crippen molar-refractivity contribution in [3.63, 3.8) is 0 Å². The Kier molecular flexibility index (Phi) is 7.13. The summed E-state index contributed by atoms with van der Waals surface area (Å²) in [7, 11) is 1.74. The Labute approximate surface area is 161 Å². The fourth-order valence-electron chi connectivity index (χ4n) is 1.98. The van der Waals surface area contributed by atoms with Gasteiger partial charge in [-0.1, -0.05) is 0 Å². The number of hydrogen-bond donors (Lipinski definition) is 0. The molecular formula is C17H19F9N2O. The van der Waals surface area contributed by atoms with Crippen molar-refractivity contribution in [2.75, 3.05) is 20.2 Å². The van der Waals surface area contributed by atoms with Crippen LogP contribution in [-0.4, -0.2) is 55.4 Å². The Hall–Kier alpha value is -2.14. The maximum absolute atomic E-state index is 13.6. The lowest BCUT2D eigenvalue weighted by Gasteiger charge is -2.33. The summed E-state index contributed by atoms with van der Waals surface area (Å²) in [6.45, 7) is 2.97. The second kappa shape index (κ2) is 8.31. The molecule has 0 aliphatic rings. The van der Waals surface area contributed by atoms with Gasteiger partial charge in [0.05, 0.1) is 12.0 Å². The summed E-state index contributed by atoms with van der Waals surface area (Å²) in [4.78, 5) is 5.86. The number of ether oxygens (including phenoxy) is 1. The molecule has 166 valence electrons.